The van der Waals surface area contributed by atoms with Crippen LogP contribution in [0, 0.1) is 86.4 Å². The molecule has 0 amide bonds. The van der Waals surface area contributed by atoms with E-state index in [1.807, 2.05) is 269 Å². The van der Waals surface area contributed by atoms with E-state index in [-0.39, 0.29) is 72.2 Å². The monoisotopic (exact) mass is 1550 g/mol. The van der Waals surface area contributed by atoms with Crippen molar-refractivity contribution in [2.24, 2.45) is 52.0 Å². The Labute approximate surface area is 661 Å². The maximum absolute atomic E-state index is 12.2. The second kappa shape index (κ2) is 41.2. The first-order chi connectivity index (χ1) is 48.5. The topological polar surface area (TPSA) is 220 Å². The third-order valence-corrected chi connectivity index (χ3v) is 20.8. The van der Waals surface area contributed by atoms with Crippen molar-refractivity contribution in [1.29, 1.82) is 0 Å². The number of hydrogen-bond donors (Lipinski definition) is 0. The van der Waals surface area contributed by atoms with Gasteiger partial charge in [0.1, 0.15) is 34.7 Å². The highest BCUT2D eigenvalue weighted by atomic mass is 35.5. The Kier molecular flexibility index (Phi) is 38.5. The van der Waals surface area contributed by atoms with E-state index in [9.17, 15) is 42.0 Å². The van der Waals surface area contributed by atoms with Crippen molar-refractivity contribution in [3.05, 3.63) is 176 Å². The summed E-state index contributed by atoms with van der Waals surface area (Å²) in [5, 5.41) is 9.31. The highest BCUT2D eigenvalue weighted by Crippen LogP contribution is 2.30. The largest absolute Gasteiger partial charge is 0.461 e. The average Bonchev–Trinajstić information content (AvgIpc) is 1.67. The highest BCUT2D eigenvalue weighted by Gasteiger charge is 2.32. The van der Waals surface area contributed by atoms with E-state index in [2.05, 4.69) is 61.1 Å². The summed E-state index contributed by atoms with van der Waals surface area (Å²) in [7, 11) is 0.794. The highest BCUT2D eigenvalue weighted by molar-refractivity contribution is 8.00. The number of sulfone groups is 1. The number of carbonyl (C=O) groups excluding carboxylic acids is 7. The lowest BCUT2D eigenvalue weighted by atomic mass is 9.87. The molecule has 0 atom stereocenters. The second-order valence-corrected chi connectivity index (χ2v) is 41.3. The van der Waals surface area contributed by atoms with Gasteiger partial charge in [0.2, 0.25) is 5.78 Å². The molecule has 0 saturated heterocycles. The number of benzene rings is 2. The number of pyridine rings is 1. The number of hydrogen-bond acceptors (Lipinski definition) is 14. The Morgan fingerprint density at radius 1 is 0.491 bits per heavy atom. The first-order valence-electron chi connectivity index (χ1n) is 37.1. The molecule has 5 heterocycles. The van der Waals surface area contributed by atoms with Crippen molar-refractivity contribution in [3.8, 4) is 0 Å². The van der Waals surface area contributed by atoms with E-state index in [0.29, 0.717) is 70.5 Å². The molecule has 19 heteroatoms. The molecule has 0 N–H and O–H groups in total. The molecule has 7 aromatic rings. The Morgan fingerprint density at radius 2 is 0.963 bits per heavy atom. The normalized spacial score (nSPS) is 12.0. The minimum absolute atomic E-state index is 0.0197. The lowest BCUT2D eigenvalue weighted by molar-refractivity contribution is -0.127. The number of nitrogens with zero attached hydrogens (tertiary/aromatic N) is 6. The molecular formula is C89H137ClN6O10S2. The molecule has 602 valence electrons. The lowest BCUT2D eigenvalue weighted by Gasteiger charge is -2.17. The third kappa shape index (κ3) is 35.7. The molecule has 0 spiro atoms. The van der Waals surface area contributed by atoms with Gasteiger partial charge in [-0.2, -0.15) is 10.2 Å². The Morgan fingerprint density at radius 3 is 1.32 bits per heavy atom. The molecule has 2 aromatic carbocycles. The Balaban J connectivity index is 0.00000122. The van der Waals surface area contributed by atoms with Crippen LogP contribution in [-0.2, 0) is 56.7 Å². The molecule has 0 fully saturated rings. The first kappa shape index (κ1) is 101. The number of carbonyl (C=O) groups is 7. The van der Waals surface area contributed by atoms with Crippen LogP contribution in [0.3, 0.4) is 0 Å². The van der Waals surface area contributed by atoms with Crippen LogP contribution in [0.25, 0.3) is 0 Å². The molecule has 0 bridgehead atoms. The SMILES string of the molecule is CCCS(=O)(=O)C(C)(C)C.Cc1cc(C(=O)C(C)(C)C)n(C)c1Cl.Cc1cc(C)n(CC(=O)C(C)(C)C)n1.Cc1cccc(C(=O)C(C)(C)C)n1.Cc1cccc(CC(=O)C(C)(C)C)c1.Cc1cccc(SCC(=O)C(C)(C)C)c1.Cc1ccoc1C(=O)C(C)(C)C.Cn1nc(C(C)(C)C)cc1C(=O)C(C)(C)C. The number of aromatic nitrogens is 6. The van der Waals surface area contributed by atoms with E-state index in [1.54, 1.807) is 64.9 Å². The second-order valence-electron chi connectivity index (χ2n) is 37.1. The summed E-state index contributed by atoms with van der Waals surface area (Å²) in [6.07, 6.45) is 2.80. The van der Waals surface area contributed by atoms with Gasteiger partial charge in [-0.05, 0) is 141 Å². The lowest BCUT2D eigenvalue weighted by Crippen LogP contribution is -2.30. The molecule has 0 aliphatic rings. The van der Waals surface area contributed by atoms with Crippen molar-refractivity contribution in [1.82, 2.24) is 29.1 Å². The van der Waals surface area contributed by atoms with Gasteiger partial charge in [-0.1, -0.05) is 238 Å². The predicted octanol–water partition coefficient (Wildman–Crippen LogP) is 22.2. The standard InChI is InChI=1S/C13H22N2O.C13H18OS.C13H18O.C11H16ClNO.C11H18N2O.C11H15NO.C10H14O2.C7H16O2S/c1-12(2,3)10-8-9(15(7)14-10)11(16)13(4,5)6;1-10-6-5-7-11(8-10)15-9-12(14)13(2,3)4;1-10-6-5-7-11(8-10)9-12(14)13(2,3)4;1-7-6-8(13(5)10(7)12)9(14)11(2,3)4;1-8-6-9(2)13(12-8)7-10(14)11(3,4)5;1-8-6-5-7-9(12-8)10(13)11(2,3)4;1-7-5-6-12-8(7)9(11)10(2,3)4;1-5-6-10(8,9)7(2,3)4/h8H,1-7H3;5-8H,9H2,1-4H3;5-8H,9H2,1-4H3;6H,1-5H3;6H,7H2,1-5H3;5-7H,1-4H3;5-6H,1-4H3;5-6H2,1-4H3. The molecule has 7 rings (SSSR count). The maximum atomic E-state index is 12.2. The van der Waals surface area contributed by atoms with Crippen LogP contribution in [0.1, 0.15) is 293 Å². The van der Waals surface area contributed by atoms with Gasteiger partial charge >= 0.3 is 0 Å². The number of furan rings is 1. The van der Waals surface area contributed by atoms with Gasteiger partial charge in [-0.3, -0.25) is 47.9 Å². The zero-order valence-corrected chi connectivity index (χ0v) is 75.6. The smallest absolute Gasteiger partial charge is 0.203 e. The van der Waals surface area contributed by atoms with Crippen LogP contribution in [-0.4, -0.2) is 94.3 Å². The fourth-order valence-corrected chi connectivity index (χ4v) is 11.4. The van der Waals surface area contributed by atoms with E-state index < -0.39 is 14.6 Å². The molecule has 0 radical (unpaired) electrons. The van der Waals surface area contributed by atoms with E-state index >= 15 is 0 Å². The van der Waals surface area contributed by atoms with Gasteiger partial charge in [0, 0.05) is 80.1 Å². The third-order valence-electron chi connectivity index (χ3n) is 16.5. The number of thioether (sulfide) groups is 1. The molecule has 0 saturated carbocycles. The quantitative estimate of drug-likeness (QED) is 0.0774. The molecule has 16 nitrogen and oxygen atoms in total. The van der Waals surface area contributed by atoms with Gasteiger partial charge in [0.25, 0.3) is 0 Å². The zero-order chi connectivity index (χ0) is 84.8. The minimum Gasteiger partial charge on any atom is -0.461 e. The van der Waals surface area contributed by atoms with Gasteiger partial charge in [-0.25, -0.2) is 8.42 Å². The summed E-state index contributed by atoms with van der Waals surface area (Å²) < 4.78 is 32.2. The maximum Gasteiger partial charge on any atom is 0.203 e. The molecular weight excluding hydrogens is 1410 g/mol. The summed E-state index contributed by atoms with van der Waals surface area (Å²) in [5.74, 6) is 2.57. The summed E-state index contributed by atoms with van der Waals surface area (Å²) in [6, 6.07) is 29.4. The number of rotatable bonds is 13. The van der Waals surface area contributed by atoms with E-state index in [0.717, 1.165) is 39.5 Å². The van der Waals surface area contributed by atoms with Gasteiger partial charge in [-0.15, -0.1) is 11.8 Å². The van der Waals surface area contributed by atoms with Crippen LogP contribution < -0.4 is 0 Å². The molecule has 0 aliphatic heterocycles. The molecule has 5 aromatic heterocycles. The summed E-state index contributed by atoms with van der Waals surface area (Å²) in [4.78, 5) is 88.1. The summed E-state index contributed by atoms with van der Waals surface area (Å²) >= 11 is 7.62. The predicted molar refractivity (Wildman–Crippen MR) is 450 cm³/mol. The first-order valence-corrected chi connectivity index (χ1v) is 40.2. The Hall–Kier alpha value is -7.15. The number of Topliss-reactive ketones (excluding diaryl/α,β-unsaturated/α-hetero) is 7. The molecule has 0 aliphatic carbocycles. The number of halogens is 1. The number of ketones is 7. The van der Waals surface area contributed by atoms with Crippen LogP contribution in [0.15, 0.2) is 107 Å². The van der Waals surface area contributed by atoms with Crippen molar-refractivity contribution >= 4 is 73.7 Å². The van der Waals surface area contributed by atoms with Crippen LogP contribution in [0.5, 0.6) is 0 Å². The number of aryl methyl sites for hydroxylation is 8. The minimum atomic E-state index is -2.85. The van der Waals surface area contributed by atoms with Crippen LogP contribution >= 0.6 is 23.4 Å². The summed E-state index contributed by atoms with van der Waals surface area (Å²) in [6.45, 7) is 67.9. The molecule has 108 heavy (non-hydrogen) atoms. The van der Waals surface area contributed by atoms with Gasteiger partial charge < -0.3 is 8.98 Å². The van der Waals surface area contributed by atoms with Crippen LogP contribution in [0.2, 0.25) is 5.15 Å². The Bertz CT molecular complexity index is 4230. The van der Waals surface area contributed by atoms with Crippen molar-refractivity contribution in [3.63, 3.8) is 0 Å². The zero-order valence-electron chi connectivity index (χ0n) is 73.2. The summed E-state index contributed by atoms with van der Waals surface area (Å²) in [5.41, 5.74) is 9.02. The van der Waals surface area contributed by atoms with Crippen molar-refractivity contribution in [2.45, 2.75) is 277 Å². The van der Waals surface area contributed by atoms with Crippen molar-refractivity contribution in [2.75, 3.05) is 11.5 Å². The average molecular weight is 1550 g/mol. The van der Waals surface area contributed by atoms with E-state index in [4.69, 9.17) is 16.0 Å². The fourth-order valence-electron chi connectivity index (χ4n) is 8.89. The van der Waals surface area contributed by atoms with E-state index in [1.165, 1.54) is 16.0 Å². The van der Waals surface area contributed by atoms with Gasteiger partial charge in [0.15, 0.2) is 38.7 Å². The van der Waals surface area contributed by atoms with Crippen molar-refractivity contribution < 1.29 is 46.4 Å². The van der Waals surface area contributed by atoms with Gasteiger partial charge in [0.05, 0.1) is 39.6 Å². The van der Waals surface area contributed by atoms with Crippen LogP contribution in [0.4, 0.5) is 0 Å². The molecule has 0 unspecified atom stereocenters. The fraction of sp³-hybridized carbons (Fsp3) is 0.573.